The molecular formula is C15H18F3N. The second kappa shape index (κ2) is 5.16. The lowest BCUT2D eigenvalue weighted by molar-refractivity contribution is 0.318. The van der Waals surface area contributed by atoms with Crippen LogP contribution >= 0.6 is 0 Å². The highest BCUT2D eigenvalue weighted by molar-refractivity contribution is 5.19. The normalized spacial score (nSPS) is 29.1. The summed E-state index contributed by atoms with van der Waals surface area (Å²) in [5.41, 5.74) is 0.196. The molecule has 2 saturated carbocycles. The van der Waals surface area contributed by atoms with E-state index in [0.29, 0.717) is 12.0 Å². The quantitative estimate of drug-likeness (QED) is 0.823. The molecule has 104 valence electrons. The lowest BCUT2D eigenvalue weighted by Gasteiger charge is -2.22. The van der Waals surface area contributed by atoms with Crippen LogP contribution in [0.3, 0.4) is 0 Å². The van der Waals surface area contributed by atoms with Crippen molar-refractivity contribution < 1.29 is 13.2 Å². The van der Waals surface area contributed by atoms with Crippen LogP contribution < -0.4 is 5.32 Å². The number of benzene rings is 1. The molecule has 0 heterocycles. The molecule has 1 N–H and O–H groups in total. The fraction of sp³-hybridized carbons (Fsp3) is 0.600. The van der Waals surface area contributed by atoms with Crippen LogP contribution in [0.15, 0.2) is 12.1 Å². The maximum absolute atomic E-state index is 13.4. The van der Waals surface area contributed by atoms with Gasteiger partial charge in [-0.2, -0.15) is 0 Å². The van der Waals surface area contributed by atoms with Crippen molar-refractivity contribution in [3.05, 3.63) is 35.1 Å². The van der Waals surface area contributed by atoms with Crippen molar-refractivity contribution in [3.63, 3.8) is 0 Å². The van der Waals surface area contributed by atoms with Gasteiger partial charge in [0.25, 0.3) is 0 Å². The Morgan fingerprint density at radius 2 is 1.79 bits per heavy atom. The third kappa shape index (κ3) is 2.64. The first kappa shape index (κ1) is 13.0. The van der Waals surface area contributed by atoms with Crippen molar-refractivity contribution in [2.75, 3.05) is 6.54 Å². The van der Waals surface area contributed by atoms with Gasteiger partial charge < -0.3 is 5.32 Å². The van der Waals surface area contributed by atoms with Gasteiger partial charge in [0.15, 0.2) is 11.6 Å². The zero-order chi connectivity index (χ0) is 13.4. The molecule has 2 bridgehead atoms. The summed E-state index contributed by atoms with van der Waals surface area (Å²) in [5.74, 6) is -0.428. The van der Waals surface area contributed by atoms with E-state index in [2.05, 4.69) is 5.32 Å². The molecule has 2 aliphatic carbocycles. The Hall–Kier alpha value is -1.03. The van der Waals surface area contributed by atoms with Crippen molar-refractivity contribution in [2.45, 2.75) is 32.2 Å². The van der Waals surface area contributed by atoms with Crippen LogP contribution in [0.25, 0.3) is 0 Å². The van der Waals surface area contributed by atoms with Crippen LogP contribution in [-0.4, -0.2) is 6.54 Å². The number of nitrogens with one attached hydrogen (secondary N) is 1. The van der Waals surface area contributed by atoms with E-state index in [-0.39, 0.29) is 12.1 Å². The van der Waals surface area contributed by atoms with Crippen molar-refractivity contribution in [3.8, 4) is 0 Å². The minimum absolute atomic E-state index is 0.196. The molecule has 1 aromatic rings. The van der Waals surface area contributed by atoms with Gasteiger partial charge in [0.2, 0.25) is 0 Å². The summed E-state index contributed by atoms with van der Waals surface area (Å²) in [6.45, 7) is 1.11. The monoisotopic (exact) mass is 269 g/mol. The number of fused-ring (bicyclic) bond motifs is 2. The molecule has 3 unspecified atom stereocenters. The molecule has 0 saturated heterocycles. The first-order valence-corrected chi connectivity index (χ1v) is 6.97. The molecule has 3 rings (SSSR count). The Balaban J connectivity index is 1.54. The van der Waals surface area contributed by atoms with E-state index in [9.17, 15) is 13.2 Å². The molecule has 0 spiro atoms. The maximum Gasteiger partial charge on any atom is 0.161 e. The smallest absolute Gasteiger partial charge is 0.161 e. The Morgan fingerprint density at radius 3 is 2.47 bits per heavy atom. The zero-order valence-electron chi connectivity index (χ0n) is 10.8. The number of hydrogen-bond donors (Lipinski definition) is 1. The van der Waals surface area contributed by atoms with Crippen LogP contribution in [0.1, 0.15) is 31.2 Å². The summed E-state index contributed by atoms with van der Waals surface area (Å²) in [4.78, 5) is 0. The van der Waals surface area contributed by atoms with Gasteiger partial charge in [-0.25, -0.2) is 13.2 Å². The highest BCUT2D eigenvalue weighted by Crippen LogP contribution is 2.47. The molecule has 1 nitrogen and oxygen atoms in total. The highest BCUT2D eigenvalue weighted by atomic mass is 19.2. The summed E-state index contributed by atoms with van der Waals surface area (Å²) < 4.78 is 39.3. The molecule has 0 aromatic heterocycles. The van der Waals surface area contributed by atoms with Gasteiger partial charge in [-0.05, 0) is 49.6 Å². The molecule has 0 radical (unpaired) electrons. The molecule has 0 aliphatic heterocycles. The van der Waals surface area contributed by atoms with Crippen LogP contribution in [0.5, 0.6) is 0 Å². The van der Waals surface area contributed by atoms with Gasteiger partial charge in [-0.15, -0.1) is 0 Å². The predicted molar refractivity (Wildman–Crippen MR) is 67.0 cm³/mol. The molecule has 4 heteroatoms. The second-order valence-electron chi connectivity index (χ2n) is 5.92. The molecule has 2 aliphatic rings. The fourth-order valence-electron chi connectivity index (χ4n) is 3.72. The molecule has 19 heavy (non-hydrogen) atoms. The molecular weight excluding hydrogens is 251 g/mol. The van der Waals surface area contributed by atoms with E-state index in [1.54, 1.807) is 0 Å². The summed E-state index contributed by atoms with van der Waals surface area (Å²) in [7, 11) is 0. The molecule has 2 fully saturated rings. The average Bonchev–Trinajstić information content (AvgIpc) is 2.97. The first-order chi connectivity index (χ1) is 9.13. The zero-order valence-corrected chi connectivity index (χ0v) is 10.8. The SMILES string of the molecule is Fc1cc(F)c(CNCC2CC3CCC2C3)cc1F. The van der Waals surface area contributed by atoms with E-state index in [0.717, 1.165) is 24.4 Å². The minimum Gasteiger partial charge on any atom is -0.312 e. The standard InChI is InChI=1S/C15H18F3N/c16-13-6-15(18)14(17)5-12(13)8-19-7-11-4-9-1-2-10(11)3-9/h5-6,9-11,19H,1-4,7-8H2. The van der Waals surface area contributed by atoms with Gasteiger partial charge >= 0.3 is 0 Å². The van der Waals surface area contributed by atoms with Crippen molar-refractivity contribution in [1.29, 1.82) is 0 Å². The topological polar surface area (TPSA) is 12.0 Å². The Morgan fingerprint density at radius 1 is 1.00 bits per heavy atom. The summed E-state index contributed by atoms with van der Waals surface area (Å²) >= 11 is 0. The fourth-order valence-corrected chi connectivity index (χ4v) is 3.72. The van der Waals surface area contributed by atoms with Gasteiger partial charge in [0.05, 0.1) is 0 Å². The van der Waals surface area contributed by atoms with Crippen LogP contribution in [0, 0.1) is 35.2 Å². The van der Waals surface area contributed by atoms with E-state index in [1.807, 2.05) is 0 Å². The number of hydrogen-bond acceptors (Lipinski definition) is 1. The Bertz CT molecular complexity index is 475. The second-order valence-corrected chi connectivity index (χ2v) is 5.92. The van der Waals surface area contributed by atoms with E-state index in [1.165, 1.54) is 25.7 Å². The van der Waals surface area contributed by atoms with Gasteiger partial charge in [-0.1, -0.05) is 6.42 Å². The average molecular weight is 269 g/mol. The predicted octanol–water partition coefficient (Wildman–Crippen LogP) is 3.63. The minimum atomic E-state index is -1.13. The van der Waals surface area contributed by atoms with Crippen LogP contribution in [0.4, 0.5) is 13.2 Å². The van der Waals surface area contributed by atoms with Crippen LogP contribution in [-0.2, 0) is 6.54 Å². The van der Waals surface area contributed by atoms with Crippen LogP contribution in [0.2, 0.25) is 0 Å². The summed E-state index contributed by atoms with van der Waals surface area (Å²) in [5, 5.41) is 3.19. The first-order valence-electron chi connectivity index (χ1n) is 6.97. The molecule has 1 aromatic carbocycles. The Labute approximate surface area is 111 Å². The van der Waals surface area contributed by atoms with Crippen molar-refractivity contribution in [1.82, 2.24) is 5.32 Å². The number of rotatable bonds is 4. The van der Waals surface area contributed by atoms with E-state index < -0.39 is 17.5 Å². The molecule has 0 amide bonds. The van der Waals surface area contributed by atoms with Crippen molar-refractivity contribution >= 4 is 0 Å². The van der Waals surface area contributed by atoms with E-state index in [4.69, 9.17) is 0 Å². The largest absolute Gasteiger partial charge is 0.312 e. The number of halogens is 3. The van der Waals surface area contributed by atoms with Gasteiger partial charge in [0, 0.05) is 18.2 Å². The third-order valence-electron chi connectivity index (χ3n) is 4.70. The van der Waals surface area contributed by atoms with Gasteiger partial charge in [0.1, 0.15) is 5.82 Å². The maximum atomic E-state index is 13.4. The van der Waals surface area contributed by atoms with Crippen molar-refractivity contribution in [2.24, 2.45) is 17.8 Å². The molecule has 3 atom stereocenters. The lowest BCUT2D eigenvalue weighted by Crippen LogP contribution is -2.26. The lowest BCUT2D eigenvalue weighted by atomic mass is 9.89. The van der Waals surface area contributed by atoms with E-state index >= 15 is 0 Å². The summed E-state index contributed by atoms with van der Waals surface area (Å²) in [6, 6.07) is 1.56. The Kier molecular flexibility index (Phi) is 3.52. The van der Waals surface area contributed by atoms with Gasteiger partial charge in [-0.3, -0.25) is 0 Å². The third-order valence-corrected chi connectivity index (χ3v) is 4.70. The highest BCUT2D eigenvalue weighted by Gasteiger charge is 2.38. The summed E-state index contributed by atoms with van der Waals surface area (Å²) in [6.07, 6.45) is 5.28.